The summed E-state index contributed by atoms with van der Waals surface area (Å²) in [5.41, 5.74) is 6.11. The number of hydrogen-bond acceptors (Lipinski definition) is 2. The fourth-order valence-corrected chi connectivity index (χ4v) is 3.65. The van der Waals surface area contributed by atoms with Gasteiger partial charge in [-0.25, -0.2) is 0 Å². The maximum atomic E-state index is 11.0. The lowest BCUT2D eigenvalue weighted by molar-refractivity contribution is 0.415. The van der Waals surface area contributed by atoms with Crippen molar-refractivity contribution in [1.82, 2.24) is 4.98 Å². The van der Waals surface area contributed by atoms with E-state index in [1.165, 1.54) is 10.9 Å². The zero-order valence-corrected chi connectivity index (χ0v) is 17.7. The summed E-state index contributed by atoms with van der Waals surface area (Å²) in [5.74, 6) is 1.25. The molecule has 3 nitrogen and oxygen atoms in total. The van der Waals surface area contributed by atoms with Crippen LogP contribution < -0.4 is 4.74 Å². The number of aromatic nitrogens is 1. The van der Waals surface area contributed by atoms with Crippen LogP contribution in [-0.2, 0) is 10.8 Å². The highest BCUT2D eigenvalue weighted by Gasteiger charge is 2.27. The number of aryl methyl sites for hydroxylation is 1. The molecular weight excluding hydrogens is 334 g/mol. The number of fused-ring (bicyclic) bond motifs is 1. The minimum atomic E-state index is -0.150. The van der Waals surface area contributed by atoms with Crippen LogP contribution >= 0.6 is 0 Å². The number of rotatable bonds is 2. The molecule has 0 bridgehead atoms. The third-order valence-electron chi connectivity index (χ3n) is 5.28. The van der Waals surface area contributed by atoms with Gasteiger partial charge in [0.1, 0.15) is 11.5 Å². The van der Waals surface area contributed by atoms with Crippen LogP contribution in [0.5, 0.6) is 11.5 Å². The third-order valence-corrected chi connectivity index (χ3v) is 5.28. The van der Waals surface area contributed by atoms with Gasteiger partial charge in [-0.15, -0.1) is 0 Å². The molecule has 1 heterocycles. The summed E-state index contributed by atoms with van der Waals surface area (Å²) in [5, 5.41) is 12.2. The SMILES string of the molecule is COc1ccc2c(C)c(-c3cc(C(C)(C)C)c(O)c(C(C)(C)C)c3)[nH]c2c1. The van der Waals surface area contributed by atoms with Crippen molar-refractivity contribution in [1.29, 1.82) is 0 Å². The number of phenols is 1. The summed E-state index contributed by atoms with van der Waals surface area (Å²) in [7, 11) is 1.68. The second kappa shape index (κ2) is 6.33. The van der Waals surface area contributed by atoms with Gasteiger partial charge in [-0.1, -0.05) is 41.5 Å². The number of ether oxygens (including phenoxy) is 1. The quantitative estimate of drug-likeness (QED) is 0.548. The Morgan fingerprint density at radius 1 is 0.889 bits per heavy atom. The highest BCUT2D eigenvalue weighted by atomic mass is 16.5. The van der Waals surface area contributed by atoms with Gasteiger partial charge in [0.2, 0.25) is 0 Å². The van der Waals surface area contributed by atoms with Crippen LogP contribution in [0.4, 0.5) is 0 Å². The Bertz CT molecular complexity index is 963. The van der Waals surface area contributed by atoms with Crippen LogP contribution in [0.1, 0.15) is 58.2 Å². The minimum Gasteiger partial charge on any atom is -0.507 e. The maximum Gasteiger partial charge on any atom is 0.123 e. The molecule has 0 radical (unpaired) electrons. The van der Waals surface area contributed by atoms with E-state index in [1.54, 1.807) is 7.11 Å². The van der Waals surface area contributed by atoms with Gasteiger partial charge in [0, 0.05) is 33.8 Å². The molecule has 0 aliphatic heterocycles. The predicted octanol–water partition coefficient (Wildman–Crippen LogP) is 6.45. The van der Waals surface area contributed by atoms with E-state index >= 15 is 0 Å². The third kappa shape index (κ3) is 3.43. The molecule has 27 heavy (non-hydrogen) atoms. The average molecular weight is 366 g/mol. The van der Waals surface area contributed by atoms with Gasteiger partial charge in [-0.05, 0) is 53.1 Å². The van der Waals surface area contributed by atoms with Gasteiger partial charge >= 0.3 is 0 Å². The van der Waals surface area contributed by atoms with Crippen molar-refractivity contribution in [2.75, 3.05) is 7.11 Å². The van der Waals surface area contributed by atoms with Gasteiger partial charge in [0.15, 0.2) is 0 Å². The highest BCUT2D eigenvalue weighted by Crippen LogP contribution is 2.43. The number of H-pyrrole nitrogens is 1. The number of benzene rings is 2. The van der Waals surface area contributed by atoms with Gasteiger partial charge < -0.3 is 14.8 Å². The molecule has 0 atom stereocenters. The number of aromatic amines is 1. The van der Waals surface area contributed by atoms with Crippen LogP contribution in [0.15, 0.2) is 30.3 Å². The summed E-state index contributed by atoms with van der Waals surface area (Å²) in [6.07, 6.45) is 0. The van der Waals surface area contributed by atoms with Crippen LogP contribution in [0.25, 0.3) is 22.2 Å². The topological polar surface area (TPSA) is 45.2 Å². The van der Waals surface area contributed by atoms with E-state index < -0.39 is 0 Å². The van der Waals surface area contributed by atoms with E-state index in [0.29, 0.717) is 5.75 Å². The molecule has 144 valence electrons. The Hall–Kier alpha value is -2.42. The molecule has 0 aliphatic rings. The van der Waals surface area contributed by atoms with Crippen LogP contribution in [0.3, 0.4) is 0 Å². The second-order valence-corrected chi connectivity index (χ2v) is 9.46. The van der Waals surface area contributed by atoms with E-state index in [2.05, 4.69) is 71.6 Å². The normalized spacial score (nSPS) is 12.6. The summed E-state index contributed by atoms with van der Waals surface area (Å²) in [6.45, 7) is 15.0. The molecule has 3 rings (SSSR count). The predicted molar refractivity (Wildman–Crippen MR) is 114 cm³/mol. The fraction of sp³-hybridized carbons (Fsp3) is 0.417. The Morgan fingerprint density at radius 2 is 1.44 bits per heavy atom. The fourth-order valence-electron chi connectivity index (χ4n) is 3.65. The second-order valence-electron chi connectivity index (χ2n) is 9.46. The van der Waals surface area contributed by atoms with Gasteiger partial charge in [0.25, 0.3) is 0 Å². The van der Waals surface area contributed by atoms with Crippen molar-refractivity contribution >= 4 is 10.9 Å². The minimum absolute atomic E-state index is 0.150. The number of nitrogens with one attached hydrogen (secondary N) is 1. The van der Waals surface area contributed by atoms with Crippen LogP contribution in [0.2, 0.25) is 0 Å². The Morgan fingerprint density at radius 3 is 1.93 bits per heavy atom. The van der Waals surface area contributed by atoms with Crippen molar-refractivity contribution in [3.05, 3.63) is 47.0 Å². The Balaban J connectivity index is 2.31. The lowest BCUT2D eigenvalue weighted by Gasteiger charge is -2.28. The molecule has 0 saturated carbocycles. The molecule has 0 unspecified atom stereocenters. The molecule has 1 aromatic heterocycles. The molecule has 3 heteroatoms. The summed E-state index contributed by atoms with van der Waals surface area (Å²) >= 11 is 0. The van der Waals surface area contributed by atoms with Crippen molar-refractivity contribution in [3.8, 4) is 22.8 Å². The summed E-state index contributed by atoms with van der Waals surface area (Å²) in [6, 6.07) is 10.4. The van der Waals surface area contributed by atoms with Gasteiger partial charge in [-0.3, -0.25) is 0 Å². The first-order valence-corrected chi connectivity index (χ1v) is 9.48. The number of phenolic OH excluding ortho intramolecular Hbond substituents is 1. The molecular formula is C24H31NO2. The molecule has 3 aromatic rings. The zero-order chi connectivity index (χ0) is 20.1. The molecule has 0 spiro atoms. The molecule has 2 N–H and O–H groups in total. The van der Waals surface area contributed by atoms with Crippen molar-refractivity contribution in [2.45, 2.75) is 59.3 Å². The molecule has 0 amide bonds. The summed E-state index contributed by atoms with van der Waals surface area (Å²) < 4.78 is 5.37. The molecule has 0 saturated heterocycles. The van der Waals surface area contributed by atoms with Crippen molar-refractivity contribution in [2.24, 2.45) is 0 Å². The van der Waals surface area contributed by atoms with Gasteiger partial charge in [0.05, 0.1) is 7.11 Å². The van der Waals surface area contributed by atoms with E-state index in [1.807, 2.05) is 12.1 Å². The van der Waals surface area contributed by atoms with E-state index in [9.17, 15) is 5.11 Å². The first-order chi connectivity index (χ1) is 12.4. The summed E-state index contributed by atoms with van der Waals surface area (Å²) in [4.78, 5) is 3.57. The Kier molecular flexibility index (Phi) is 4.54. The molecule has 0 fully saturated rings. The lowest BCUT2D eigenvalue weighted by atomic mass is 9.78. The van der Waals surface area contributed by atoms with E-state index in [-0.39, 0.29) is 10.8 Å². The lowest BCUT2D eigenvalue weighted by Crippen LogP contribution is -2.17. The Labute approximate surface area is 162 Å². The van der Waals surface area contributed by atoms with Crippen molar-refractivity contribution < 1.29 is 9.84 Å². The van der Waals surface area contributed by atoms with Crippen molar-refractivity contribution in [3.63, 3.8) is 0 Å². The van der Waals surface area contributed by atoms with E-state index in [4.69, 9.17) is 4.74 Å². The first-order valence-electron chi connectivity index (χ1n) is 9.48. The highest BCUT2D eigenvalue weighted by molar-refractivity contribution is 5.91. The zero-order valence-electron chi connectivity index (χ0n) is 17.7. The first kappa shape index (κ1) is 19.3. The monoisotopic (exact) mass is 365 g/mol. The van der Waals surface area contributed by atoms with Crippen LogP contribution in [-0.4, -0.2) is 17.2 Å². The van der Waals surface area contributed by atoms with Crippen LogP contribution in [0, 0.1) is 6.92 Å². The maximum absolute atomic E-state index is 11.0. The van der Waals surface area contributed by atoms with E-state index in [0.717, 1.165) is 33.7 Å². The standard InChI is InChI=1S/C24H31NO2/c1-14-17-10-9-16(27-8)13-20(17)25-21(14)15-11-18(23(2,3)4)22(26)19(12-15)24(5,6)7/h9-13,25-26H,1-8H3. The smallest absolute Gasteiger partial charge is 0.123 e. The van der Waals surface area contributed by atoms with Gasteiger partial charge in [-0.2, -0.15) is 0 Å². The number of hydrogen-bond donors (Lipinski definition) is 2. The molecule has 0 aliphatic carbocycles. The number of aromatic hydroxyl groups is 1. The molecule has 2 aromatic carbocycles. The largest absolute Gasteiger partial charge is 0.507 e. The number of methoxy groups -OCH3 is 1. The average Bonchev–Trinajstić information content (AvgIpc) is 2.89.